The van der Waals surface area contributed by atoms with Crippen LogP contribution in [-0.2, 0) is 9.59 Å². The first kappa shape index (κ1) is 15.9. The van der Waals surface area contributed by atoms with Crippen molar-refractivity contribution in [2.24, 2.45) is 0 Å². The van der Waals surface area contributed by atoms with E-state index in [1.165, 1.54) is 24.5 Å². The van der Waals surface area contributed by atoms with Crippen LogP contribution < -0.4 is 15.0 Å². The van der Waals surface area contributed by atoms with E-state index in [-0.39, 0.29) is 11.3 Å². The number of nitrogens with zero attached hydrogens (tertiary/aromatic N) is 1. The van der Waals surface area contributed by atoms with Gasteiger partial charge in [-0.05, 0) is 42.1 Å². The molecule has 1 fully saturated rings. The van der Waals surface area contributed by atoms with Gasteiger partial charge in [0.15, 0.2) is 0 Å². The lowest BCUT2D eigenvalue weighted by Gasteiger charge is -2.27. The normalized spacial score (nSPS) is 16.5. The number of nitrogens with one attached hydrogen (secondary N) is 1. The van der Waals surface area contributed by atoms with Gasteiger partial charge in [0.25, 0.3) is 11.8 Å². The number of hydrogen-bond acceptors (Lipinski definition) is 5. The van der Waals surface area contributed by atoms with Gasteiger partial charge in [-0.1, -0.05) is 12.1 Å². The maximum Gasteiger partial charge on any atom is 0.336 e. The SMILES string of the molecule is COc1ccccc1N1C(=O)NC(=O)/C(=C\c2sccc2C)C1=O. The number of benzene rings is 1. The van der Waals surface area contributed by atoms with E-state index in [9.17, 15) is 14.4 Å². The molecule has 0 unspecified atom stereocenters. The zero-order valence-corrected chi connectivity index (χ0v) is 13.8. The molecular formula is C17H14N2O4S. The Morgan fingerprint density at radius 3 is 2.58 bits per heavy atom. The average molecular weight is 342 g/mol. The van der Waals surface area contributed by atoms with Gasteiger partial charge in [0, 0.05) is 4.88 Å². The van der Waals surface area contributed by atoms with Crippen LogP contribution in [0.25, 0.3) is 6.08 Å². The molecule has 1 aliphatic rings. The highest BCUT2D eigenvalue weighted by Gasteiger charge is 2.38. The van der Waals surface area contributed by atoms with Crippen LogP contribution in [0.2, 0.25) is 0 Å². The lowest BCUT2D eigenvalue weighted by atomic mass is 10.1. The molecule has 1 aromatic heterocycles. The summed E-state index contributed by atoms with van der Waals surface area (Å²) in [5.41, 5.74) is 1.14. The van der Waals surface area contributed by atoms with Crippen molar-refractivity contribution in [2.45, 2.75) is 6.92 Å². The number of thiophene rings is 1. The summed E-state index contributed by atoms with van der Waals surface area (Å²) in [6.45, 7) is 1.89. The fourth-order valence-corrected chi connectivity index (χ4v) is 3.21. The Morgan fingerprint density at radius 1 is 1.17 bits per heavy atom. The Hall–Kier alpha value is -2.93. The second-order valence-electron chi connectivity index (χ2n) is 5.10. The third-order valence-corrected chi connectivity index (χ3v) is 4.57. The van der Waals surface area contributed by atoms with Crippen molar-refractivity contribution in [1.82, 2.24) is 5.32 Å². The highest BCUT2D eigenvalue weighted by molar-refractivity contribution is 7.11. The van der Waals surface area contributed by atoms with Gasteiger partial charge in [0.1, 0.15) is 11.3 Å². The van der Waals surface area contributed by atoms with E-state index in [1.54, 1.807) is 24.3 Å². The summed E-state index contributed by atoms with van der Waals surface area (Å²) in [6, 6.07) is 7.73. The van der Waals surface area contributed by atoms with E-state index in [0.717, 1.165) is 15.3 Å². The molecule has 0 atom stereocenters. The van der Waals surface area contributed by atoms with Crippen molar-refractivity contribution in [3.05, 3.63) is 51.7 Å². The van der Waals surface area contributed by atoms with E-state index in [2.05, 4.69) is 5.32 Å². The zero-order chi connectivity index (χ0) is 17.3. The van der Waals surface area contributed by atoms with Crippen LogP contribution in [0.3, 0.4) is 0 Å². The third kappa shape index (κ3) is 2.69. The van der Waals surface area contributed by atoms with E-state index in [4.69, 9.17) is 4.74 Å². The van der Waals surface area contributed by atoms with E-state index in [1.807, 2.05) is 18.4 Å². The van der Waals surface area contributed by atoms with Crippen molar-refractivity contribution in [2.75, 3.05) is 12.0 Å². The first-order valence-electron chi connectivity index (χ1n) is 7.11. The summed E-state index contributed by atoms with van der Waals surface area (Å²) in [7, 11) is 1.45. The second kappa shape index (κ2) is 6.29. The Labute approximate surface area is 142 Å². The summed E-state index contributed by atoms with van der Waals surface area (Å²) in [5.74, 6) is -1.02. The molecule has 0 radical (unpaired) electrons. The number of barbiturate groups is 1. The minimum Gasteiger partial charge on any atom is -0.495 e. The molecule has 2 aromatic rings. The smallest absolute Gasteiger partial charge is 0.336 e. The lowest BCUT2D eigenvalue weighted by Crippen LogP contribution is -2.54. The molecule has 0 saturated carbocycles. The number of urea groups is 1. The van der Waals surface area contributed by atoms with Crippen LogP contribution in [0, 0.1) is 6.92 Å². The van der Waals surface area contributed by atoms with E-state index < -0.39 is 17.8 Å². The van der Waals surface area contributed by atoms with Crippen LogP contribution in [-0.4, -0.2) is 25.0 Å². The Kier molecular flexibility index (Phi) is 4.18. The number of ether oxygens (including phenoxy) is 1. The molecule has 4 amide bonds. The Morgan fingerprint density at radius 2 is 1.92 bits per heavy atom. The van der Waals surface area contributed by atoms with Crippen molar-refractivity contribution >= 4 is 40.9 Å². The largest absolute Gasteiger partial charge is 0.495 e. The number of carbonyl (C=O) groups excluding carboxylic acids is 3. The molecule has 2 heterocycles. The summed E-state index contributed by atoms with van der Waals surface area (Å²) in [5, 5.41) is 4.07. The molecule has 0 bridgehead atoms. The van der Waals surface area contributed by atoms with Crippen LogP contribution in [0.15, 0.2) is 41.3 Å². The van der Waals surface area contributed by atoms with E-state index in [0.29, 0.717) is 5.75 Å². The molecule has 6 nitrogen and oxygen atoms in total. The molecular weight excluding hydrogens is 328 g/mol. The highest BCUT2D eigenvalue weighted by Crippen LogP contribution is 2.31. The Bertz CT molecular complexity index is 869. The van der Waals surface area contributed by atoms with Gasteiger partial charge in [-0.2, -0.15) is 0 Å². The van der Waals surface area contributed by atoms with Crippen molar-refractivity contribution in [3.8, 4) is 5.75 Å². The summed E-state index contributed by atoms with van der Waals surface area (Å²) < 4.78 is 5.21. The van der Waals surface area contributed by atoms with Crippen LogP contribution in [0.1, 0.15) is 10.4 Å². The molecule has 24 heavy (non-hydrogen) atoms. The minimum atomic E-state index is -0.797. The standard InChI is InChI=1S/C17H14N2O4S/c1-10-7-8-24-14(10)9-11-15(20)18-17(22)19(16(11)21)12-5-3-4-6-13(12)23-2/h3-9H,1-2H3,(H,18,20,22)/b11-9+. The van der Waals surface area contributed by atoms with E-state index >= 15 is 0 Å². The van der Waals surface area contributed by atoms with Gasteiger partial charge >= 0.3 is 6.03 Å². The average Bonchev–Trinajstić information content (AvgIpc) is 2.96. The van der Waals surface area contributed by atoms with Crippen molar-refractivity contribution in [1.29, 1.82) is 0 Å². The number of anilines is 1. The molecule has 1 aliphatic heterocycles. The van der Waals surface area contributed by atoms with Gasteiger partial charge < -0.3 is 4.74 Å². The van der Waals surface area contributed by atoms with Crippen molar-refractivity contribution in [3.63, 3.8) is 0 Å². The summed E-state index contributed by atoms with van der Waals surface area (Å²) >= 11 is 1.42. The summed E-state index contributed by atoms with van der Waals surface area (Å²) in [4.78, 5) is 38.8. The first-order chi connectivity index (χ1) is 11.5. The molecule has 122 valence electrons. The van der Waals surface area contributed by atoms with Crippen LogP contribution >= 0.6 is 11.3 Å². The van der Waals surface area contributed by atoms with Crippen LogP contribution in [0.5, 0.6) is 5.75 Å². The molecule has 7 heteroatoms. The van der Waals surface area contributed by atoms with Gasteiger partial charge in [-0.15, -0.1) is 11.3 Å². The predicted octanol–water partition coefficient (Wildman–Crippen LogP) is 2.73. The lowest BCUT2D eigenvalue weighted by molar-refractivity contribution is -0.122. The number of carbonyl (C=O) groups is 3. The molecule has 0 aliphatic carbocycles. The summed E-state index contributed by atoms with van der Waals surface area (Å²) in [6.07, 6.45) is 1.51. The fraction of sp³-hybridized carbons (Fsp3) is 0.118. The van der Waals surface area contributed by atoms with Crippen molar-refractivity contribution < 1.29 is 19.1 Å². The molecule has 1 saturated heterocycles. The highest BCUT2D eigenvalue weighted by atomic mass is 32.1. The number of imide groups is 2. The number of para-hydroxylation sites is 2. The fourth-order valence-electron chi connectivity index (χ4n) is 2.35. The quantitative estimate of drug-likeness (QED) is 0.687. The molecule has 3 rings (SSSR count). The number of methoxy groups -OCH3 is 1. The maximum absolute atomic E-state index is 12.8. The number of aryl methyl sites for hydroxylation is 1. The number of hydrogen-bond donors (Lipinski definition) is 1. The molecule has 0 spiro atoms. The van der Waals surface area contributed by atoms with Crippen LogP contribution in [0.4, 0.5) is 10.5 Å². The van der Waals surface area contributed by atoms with Gasteiger partial charge in [-0.25, -0.2) is 9.69 Å². The first-order valence-corrected chi connectivity index (χ1v) is 7.99. The predicted molar refractivity (Wildman–Crippen MR) is 91.1 cm³/mol. The Balaban J connectivity index is 2.07. The van der Waals surface area contributed by atoms with Gasteiger partial charge in [0.2, 0.25) is 0 Å². The minimum absolute atomic E-state index is 0.0916. The monoisotopic (exact) mass is 342 g/mol. The second-order valence-corrected chi connectivity index (χ2v) is 6.05. The number of rotatable bonds is 3. The third-order valence-electron chi connectivity index (χ3n) is 3.60. The molecule has 1 N–H and O–H groups in total. The molecule has 1 aromatic carbocycles. The zero-order valence-electron chi connectivity index (χ0n) is 13.0. The number of amides is 4. The van der Waals surface area contributed by atoms with Gasteiger partial charge in [0.05, 0.1) is 12.8 Å². The van der Waals surface area contributed by atoms with Gasteiger partial charge in [-0.3, -0.25) is 14.9 Å². The maximum atomic E-state index is 12.8. The topological polar surface area (TPSA) is 75.7 Å².